The number of benzene rings is 2. The highest BCUT2D eigenvalue weighted by Crippen LogP contribution is 2.31. The summed E-state index contributed by atoms with van der Waals surface area (Å²) in [7, 11) is 2.15. The first-order valence-corrected chi connectivity index (χ1v) is 9.16. The molecule has 0 fully saturated rings. The monoisotopic (exact) mass is 334 g/mol. The zero-order chi connectivity index (χ0) is 18.2. The largest absolute Gasteiger partial charge is 0.348 e. The van der Waals surface area contributed by atoms with E-state index in [0.717, 1.165) is 6.42 Å². The second-order valence-electron chi connectivity index (χ2n) is 8.15. The third-order valence-electron chi connectivity index (χ3n) is 5.51. The van der Waals surface area contributed by atoms with Gasteiger partial charge in [0.05, 0.1) is 0 Å². The topological polar surface area (TPSA) is 30.9 Å². The van der Waals surface area contributed by atoms with Crippen LogP contribution in [0.4, 0.5) is 0 Å². The molecule has 0 spiro atoms. The molecular formula is C23H30N2. The van der Waals surface area contributed by atoms with Crippen LogP contribution in [-0.4, -0.2) is 11.1 Å². The number of aromatic nitrogens is 1. The molecule has 3 aromatic rings. The van der Waals surface area contributed by atoms with Gasteiger partial charge in [-0.1, -0.05) is 63.2 Å². The molecule has 2 heteroatoms. The Bertz CT molecular complexity index is 863. The van der Waals surface area contributed by atoms with Gasteiger partial charge in [-0.25, -0.2) is 0 Å². The third kappa shape index (κ3) is 3.36. The molecule has 0 saturated heterocycles. The van der Waals surface area contributed by atoms with Crippen LogP contribution in [0, 0.1) is 6.92 Å². The second kappa shape index (κ2) is 6.68. The zero-order valence-electron chi connectivity index (χ0n) is 16.1. The van der Waals surface area contributed by atoms with Gasteiger partial charge in [0.1, 0.15) is 0 Å². The van der Waals surface area contributed by atoms with E-state index < -0.39 is 0 Å². The van der Waals surface area contributed by atoms with Crippen LogP contribution in [0.25, 0.3) is 10.9 Å². The molecule has 0 aliphatic carbocycles. The van der Waals surface area contributed by atoms with Gasteiger partial charge >= 0.3 is 0 Å². The molecule has 0 radical (unpaired) electrons. The van der Waals surface area contributed by atoms with Crippen molar-refractivity contribution in [2.75, 3.05) is 6.54 Å². The number of nitrogens with two attached hydrogens (primary N) is 1. The number of rotatable bonds is 4. The van der Waals surface area contributed by atoms with Crippen LogP contribution in [0.15, 0.2) is 48.5 Å². The first kappa shape index (κ1) is 17.8. The van der Waals surface area contributed by atoms with Crippen LogP contribution in [0.1, 0.15) is 49.1 Å². The van der Waals surface area contributed by atoms with Crippen molar-refractivity contribution in [3.05, 3.63) is 70.9 Å². The van der Waals surface area contributed by atoms with Crippen LogP contribution in [0.3, 0.4) is 0 Å². The lowest BCUT2D eigenvalue weighted by molar-refractivity contribution is 0.589. The van der Waals surface area contributed by atoms with E-state index in [1.165, 1.54) is 33.3 Å². The zero-order valence-corrected chi connectivity index (χ0v) is 16.1. The molecular weight excluding hydrogens is 304 g/mol. The fourth-order valence-corrected chi connectivity index (χ4v) is 3.70. The second-order valence-corrected chi connectivity index (χ2v) is 8.15. The Morgan fingerprint density at radius 2 is 1.64 bits per heavy atom. The highest BCUT2D eigenvalue weighted by molar-refractivity contribution is 5.85. The Morgan fingerprint density at radius 1 is 1.00 bits per heavy atom. The van der Waals surface area contributed by atoms with Gasteiger partial charge in [-0.05, 0) is 48.1 Å². The van der Waals surface area contributed by atoms with Crippen LogP contribution >= 0.6 is 0 Å². The molecule has 0 aliphatic heterocycles. The molecule has 25 heavy (non-hydrogen) atoms. The van der Waals surface area contributed by atoms with Crippen LogP contribution < -0.4 is 5.73 Å². The van der Waals surface area contributed by atoms with E-state index in [1.807, 2.05) is 0 Å². The summed E-state index contributed by atoms with van der Waals surface area (Å²) in [5.41, 5.74) is 13.1. The molecule has 1 unspecified atom stereocenters. The smallest absolute Gasteiger partial charge is 0.0482 e. The van der Waals surface area contributed by atoms with Crippen molar-refractivity contribution in [3.63, 3.8) is 0 Å². The Hall–Kier alpha value is -2.06. The van der Waals surface area contributed by atoms with Gasteiger partial charge in [-0.2, -0.15) is 0 Å². The standard InChI is InChI=1S/C23H30N2/c1-16-21(20-8-6-7-9-22(20)25(16)5)14-18(15-24)17-10-12-19(13-11-17)23(2,3)4/h6-13,18H,14-15,24H2,1-5H3. The van der Waals surface area contributed by atoms with E-state index >= 15 is 0 Å². The van der Waals surface area contributed by atoms with Crippen LogP contribution in [0.5, 0.6) is 0 Å². The molecule has 1 heterocycles. The summed E-state index contributed by atoms with van der Waals surface area (Å²) < 4.78 is 2.29. The van der Waals surface area contributed by atoms with Crippen LogP contribution in [0.2, 0.25) is 0 Å². The quantitative estimate of drug-likeness (QED) is 0.709. The van der Waals surface area contributed by atoms with Gasteiger partial charge < -0.3 is 10.3 Å². The SMILES string of the molecule is Cc1c(CC(CN)c2ccc(C(C)(C)C)cc2)c2ccccc2n1C. The number of aryl methyl sites for hydroxylation is 1. The number of hydrogen-bond acceptors (Lipinski definition) is 1. The normalized spacial score (nSPS) is 13.4. The van der Waals surface area contributed by atoms with E-state index in [1.54, 1.807) is 0 Å². The number of para-hydroxylation sites is 1. The maximum absolute atomic E-state index is 6.17. The minimum Gasteiger partial charge on any atom is -0.348 e. The van der Waals surface area contributed by atoms with Gasteiger partial charge in [-0.15, -0.1) is 0 Å². The van der Waals surface area contributed by atoms with E-state index in [4.69, 9.17) is 5.73 Å². The predicted octanol–water partition coefficient (Wildman–Crippen LogP) is 5.07. The maximum atomic E-state index is 6.17. The van der Waals surface area contributed by atoms with Crippen molar-refractivity contribution in [2.24, 2.45) is 12.8 Å². The molecule has 0 saturated carbocycles. The van der Waals surface area contributed by atoms with Crippen molar-refractivity contribution < 1.29 is 0 Å². The van der Waals surface area contributed by atoms with E-state index in [-0.39, 0.29) is 5.41 Å². The Labute approximate surface area is 151 Å². The molecule has 2 aromatic carbocycles. The minimum absolute atomic E-state index is 0.183. The van der Waals surface area contributed by atoms with Gasteiger partial charge in [-0.3, -0.25) is 0 Å². The van der Waals surface area contributed by atoms with E-state index in [2.05, 4.69) is 87.8 Å². The van der Waals surface area contributed by atoms with Gasteiger partial charge in [0.15, 0.2) is 0 Å². The van der Waals surface area contributed by atoms with Crippen molar-refractivity contribution in [2.45, 2.75) is 45.4 Å². The van der Waals surface area contributed by atoms with Crippen molar-refractivity contribution in [3.8, 4) is 0 Å². The molecule has 0 aliphatic rings. The Kier molecular flexibility index (Phi) is 4.75. The lowest BCUT2D eigenvalue weighted by Gasteiger charge is -2.21. The summed E-state index contributed by atoms with van der Waals surface area (Å²) in [6.07, 6.45) is 0.985. The van der Waals surface area contributed by atoms with Gasteiger partial charge in [0, 0.05) is 29.6 Å². The molecule has 1 aromatic heterocycles. The van der Waals surface area contributed by atoms with Crippen molar-refractivity contribution in [1.29, 1.82) is 0 Å². The fraction of sp³-hybridized carbons (Fsp3) is 0.391. The summed E-state index contributed by atoms with van der Waals surface area (Å²) in [6.45, 7) is 9.63. The first-order valence-electron chi connectivity index (χ1n) is 9.16. The van der Waals surface area contributed by atoms with Crippen molar-refractivity contribution >= 4 is 10.9 Å². The molecule has 0 amide bonds. The van der Waals surface area contributed by atoms with E-state index in [0.29, 0.717) is 12.5 Å². The third-order valence-corrected chi connectivity index (χ3v) is 5.51. The number of nitrogens with zero attached hydrogens (tertiary/aromatic N) is 1. The minimum atomic E-state index is 0.183. The average molecular weight is 335 g/mol. The highest BCUT2D eigenvalue weighted by Gasteiger charge is 2.19. The van der Waals surface area contributed by atoms with Crippen LogP contribution in [-0.2, 0) is 18.9 Å². The highest BCUT2D eigenvalue weighted by atomic mass is 14.9. The predicted molar refractivity (Wildman–Crippen MR) is 108 cm³/mol. The Balaban J connectivity index is 1.95. The molecule has 3 rings (SSSR count). The molecule has 2 N–H and O–H groups in total. The summed E-state index contributed by atoms with van der Waals surface area (Å²) in [6, 6.07) is 17.7. The summed E-state index contributed by atoms with van der Waals surface area (Å²) >= 11 is 0. The first-order chi connectivity index (χ1) is 11.8. The molecule has 132 valence electrons. The molecule has 1 atom stereocenters. The molecule has 2 nitrogen and oxygen atoms in total. The summed E-state index contributed by atoms with van der Waals surface area (Å²) in [5, 5.41) is 1.35. The number of hydrogen-bond donors (Lipinski definition) is 1. The fourth-order valence-electron chi connectivity index (χ4n) is 3.70. The molecule has 0 bridgehead atoms. The maximum Gasteiger partial charge on any atom is 0.0482 e. The number of fused-ring (bicyclic) bond motifs is 1. The summed E-state index contributed by atoms with van der Waals surface area (Å²) in [4.78, 5) is 0. The van der Waals surface area contributed by atoms with E-state index in [9.17, 15) is 0 Å². The van der Waals surface area contributed by atoms with Crippen molar-refractivity contribution in [1.82, 2.24) is 4.57 Å². The van der Waals surface area contributed by atoms with Gasteiger partial charge in [0.2, 0.25) is 0 Å². The Morgan fingerprint density at radius 3 is 2.24 bits per heavy atom. The lowest BCUT2D eigenvalue weighted by atomic mass is 9.84. The van der Waals surface area contributed by atoms with Gasteiger partial charge in [0.25, 0.3) is 0 Å². The average Bonchev–Trinajstić information content (AvgIpc) is 2.84. The summed E-state index contributed by atoms with van der Waals surface area (Å²) in [5.74, 6) is 0.346. The lowest BCUT2D eigenvalue weighted by Crippen LogP contribution is -2.16.